The zero-order chi connectivity index (χ0) is 44.9. The molecule has 0 rings (SSSR count). The minimum atomic E-state index is -0.878. The van der Waals surface area contributed by atoms with Crippen molar-refractivity contribution in [3.8, 4) is 0 Å². The lowest BCUT2D eigenvalue weighted by Crippen LogP contribution is -2.50. The Morgan fingerprint density at radius 1 is 0.492 bits per heavy atom. The highest BCUT2D eigenvalue weighted by Gasteiger charge is 2.31. The second-order valence-electron chi connectivity index (χ2n) is 18.2. The largest absolute Gasteiger partial charge is 0.477 e. The molecule has 61 heavy (non-hydrogen) atoms. The van der Waals surface area contributed by atoms with Gasteiger partial charge in [0.25, 0.3) is 0 Å². The molecule has 0 saturated carbocycles. The molecule has 8 heteroatoms. The quantitative estimate of drug-likeness (QED) is 0.0282. The van der Waals surface area contributed by atoms with Gasteiger partial charge in [-0.15, -0.1) is 0 Å². The summed E-state index contributed by atoms with van der Waals surface area (Å²) in [5, 5.41) is 9.65. The van der Waals surface area contributed by atoms with Gasteiger partial charge in [0.1, 0.15) is 6.61 Å². The summed E-state index contributed by atoms with van der Waals surface area (Å²) in [6.45, 7) is 4.70. The number of esters is 2. The van der Waals surface area contributed by atoms with E-state index in [2.05, 4.69) is 62.5 Å². The first-order valence-corrected chi connectivity index (χ1v) is 25.2. The van der Waals surface area contributed by atoms with E-state index in [0.29, 0.717) is 19.3 Å². The Hall–Kier alpha value is -2.71. The summed E-state index contributed by atoms with van der Waals surface area (Å²) in [5.74, 6) is -1.49. The number of carboxylic acids is 1. The molecule has 0 spiro atoms. The van der Waals surface area contributed by atoms with Crippen molar-refractivity contribution < 1.29 is 38.2 Å². The van der Waals surface area contributed by atoms with Gasteiger partial charge in [0, 0.05) is 19.3 Å². The maximum Gasteiger partial charge on any atom is 0.362 e. The Balaban J connectivity index is 4.29. The molecule has 0 aliphatic heterocycles. The number of likely N-dealkylation sites (N-methyl/N-ethyl adjacent to an activating group) is 1. The fourth-order valence-electron chi connectivity index (χ4n) is 7.40. The zero-order valence-electron chi connectivity index (χ0n) is 40.4. The highest BCUT2D eigenvalue weighted by Crippen LogP contribution is 2.16. The topological polar surface area (TPSA) is 99.1 Å². The fourth-order valence-corrected chi connectivity index (χ4v) is 7.40. The summed E-state index contributed by atoms with van der Waals surface area (Å²) in [6.07, 6.45) is 52.9. The molecule has 0 radical (unpaired) electrons. The number of hydrogen-bond acceptors (Lipinski definition) is 6. The highest BCUT2D eigenvalue weighted by molar-refractivity contribution is 5.72. The lowest BCUT2D eigenvalue weighted by Gasteiger charge is -2.31. The van der Waals surface area contributed by atoms with Crippen LogP contribution in [-0.4, -0.2) is 80.6 Å². The van der Waals surface area contributed by atoms with Crippen LogP contribution >= 0.6 is 0 Å². The molecule has 354 valence electrons. The molecule has 0 aromatic heterocycles. The summed E-state index contributed by atoms with van der Waals surface area (Å²) >= 11 is 0. The molecular weight excluding hydrogens is 763 g/mol. The van der Waals surface area contributed by atoms with Gasteiger partial charge in [0.05, 0.1) is 34.4 Å². The number of carboxylic acid groups (broad SMARTS) is 1. The summed E-state index contributed by atoms with van der Waals surface area (Å²) in [5.41, 5.74) is 0. The zero-order valence-corrected chi connectivity index (χ0v) is 40.4. The van der Waals surface area contributed by atoms with Crippen molar-refractivity contribution in [3.05, 3.63) is 48.6 Å². The molecule has 0 aliphatic rings. The van der Waals surface area contributed by atoms with Gasteiger partial charge in [-0.1, -0.05) is 210 Å². The van der Waals surface area contributed by atoms with Gasteiger partial charge in [-0.25, -0.2) is 4.79 Å². The summed E-state index contributed by atoms with van der Waals surface area (Å²) in [4.78, 5) is 37.1. The lowest BCUT2D eigenvalue weighted by molar-refractivity contribution is -0.887. The van der Waals surface area contributed by atoms with E-state index in [1.165, 1.54) is 122 Å². The molecule has 0 aromatic rings. The van der Waals surface area contributed by atoms with Crippen molar-refractivity contribution in [2.45, 2.75) is 231 Å². The smallest absolute Gasteiger partial charge is 0.362 e. The molecule has 0 heterocycles. The molecule has 1 N–H and O–H groups in total. The number of carbonyl (C=O) groups excluding carboxylic acids is 2. The van der Waals surface area contributed by atoms with Gasteiger partial charge in [-0.05, 0) is 38.5 Å². The Bertz CT molecular complexity index is 1140. The van der Waals surface area contributed by atoms with Gasteiger partial charge in [0.15, 0.2) is 12.1 Å². The molecule has 0 saturated heterocycles. The maximum atomic E-state index is 12.8. The van der Waals surface area contributed by atoms with E-state index in [9.17, 15) is 19.5 Å². The van der Waals surface area contributed by atoms with Crippen molar-refractivity contribution in [3.63, 3.8) is 0 Å². The van der Waals surface area contributed by atoms with Crippen LogP contribution in [-0.2, 0) is 28.6 Å². The number of rotatable bonds is 45. The van der Waals surface area contributed by atoms with Crippen molar-refractivity contribution in [1.82, 2.24) is 0 Å². The van der Waals surface area contributed by atoms with E-state index in [1.807, 2.05) is 21.1 Å². The third-order valence-electron chi connectivity index (χ3n) is 11.3. The first-order chi connectivity index (χ1) is 29.6. The predicted octanol–water partition coefficient (Wildman–Crippen LogP) is 14.4. The Kier molecular flexibility index (Phi) is 42.0. The number of aliphatic carboxylic acids is 1. The van der Waals surface area contributed by atoms with Crippen LogP contribution < -0.4 is 0 Å². The van der Waals surface area contributed by atoms with Crippen LogP contribution in [0.3, 0.4) is 0 Å². The Labute approximate surface area is 376 Å². The molecule has 2 atom stereocenters. The fraction of sp³-hybridized carbons (Fsp3) is 0.792. The third kappa shape index (κ3) is 42.4. The van der Waals surface area contributed by atoms with Gasteiger partial charge in [-0.3, -0.25) is 9.59 Å². The normalized spacial score (nSPS) is 13.3. The number of quaternary nitrogens is 1. The Morgan fingerprint density at radius 3 is 1.31 bits per heavy atom. The number of carbonyl (C=O) groups is 3. The Morgan fingerprint density at radius 2 is 0.869 bits per heavy atom. The molecule has 0 amide bonds. The average Bonchev–Trinajstić information content (AvgIpc) is 3.22. The van der Waals surface area contributed by atoms with Crippen LogP contribution in [0.2, 0.25) is 0 Å². The van der Waals surface area contributed by atoms with Crippen molar-refractivity contribution in [1.29, 1.82) is 0 Å². The van der Waals surface area contributed by atoms with Crippen molar-refractivity contribution in [2.75, 3.05) is 41.0 Å². The predicted molar refractivity (Wildman–Crippen MR) is 257 cm³/mol. The second-order valence-corrected chi connectivity index (χ2v) is 18.2. The van der Waals surface area contributed by atoms with E-state index >= 15 is 0 Å². The third-order valence-corrected chi connectivity index (χ3v) is 11.3. The van der Waals surface area contributed by atoms with E-state index < -0.39 is 18.1 Å². The number of nitrogens with zero attached hydrogens (tertiary/aromatic N) is 1. The number of hydrogen-bond donors (Lipinski definition) is 1. The number of unbranched alkanes of at least 4 members (excludes halogenated alkanes) is 26. The van der Waals surface area contributed by atoms with E-state index in [1.54, 1.807) is 0 Å². The summed E-state index contributed by atoms with van der Waals surface area (Å²) in [7, 11) is 5.53. The first kappa shape index (κ1) is 58.3. The standard InChI is InChI=1S/C53H95NO7/c1-6-8-10-12-14-16-18-20-22-24-26-28-29-31-33-35-37-39-41-43-51(55)60-48-49(47-59-46-45-50(53(57)58)54(3,4)5)61-52(56)44-42-40-38-36-34-32-30-27-25-23-21-19-17-15-13-11-9-7-2/h15,17,19,21,23,25,27,30,49-50H,6-14,16,18,20,22,24,26,28-29,31-48H2,1-5H3/p+1/b17-15+,21-19+,25-23+,30-27+. The van der Waals surface area contributed by atoms with Crippen LogP contribution in [0.5, 0.6) is 0 Å². The summed E-state index contributed by atoms with van der Waals surface area (Å²) < 4.78 is 17.3. The van der Waals surface area contributed by atoms with Crippen LogP contribution in [0.15, 0.2) is 48.6 Å². The molecule has 0 aromatic carbocycles. The van der Waals surface area contributed by atoms with Gasteiger partial charge in [0.2, 0.25) is 0 Å². The molecule has 0 fully saturated rings. The van der Waals surface area contributed by atoms with Gasteiger partial charge < -0.3 is 23.8 Å². The first-order valence-electron chi connectivity index (χ1n) is 25.2. The van der Waals surface area contributed by atoms with Crippen LogP contribution in [0.4, 0.5) is 0 Å². The SMILES string of the molecule is CCCCC/C=C/C=C/C=C/C=C/CCCCCCCC(=O)OC(COCCC(C(=O)O)[N+](C)(C)C)COC(=O)CCCCCCCCCCCCCCCCCCCCC. The number of allylic oxidation sites excluding steroid dienone is 8. The summed E-state index contributed by atoms with van der Waals surface area (Å²) in [6, 6.07) is -0.620. The van der Waals surface area contributed by atoms with Crippen LogP contribution in [0.1, 0.15) is 219 Å². The lowest BCUT2D eigenvalue weighted by atomic mass is 10.0. The van der Waals surface area contributed by atoms with E-state index in [-0.39, 0.29) is 36.2 Å². The minimum absolute atomic E-state index is 0.0525. The molecule has 8 nitrogen and oxygen atoms in total. The highest BCUT2D eigenvalue weighted by atomic mass is 16.6. The molecular formula is C53H96NO7+. The van der Waals surface area contributed by atoms with Crippen LogP contribution in [0, 0.1) is 0 Å². The molecule has 0 aliphatic carbocycles. The minimum Gasteiger partial charge on any atom is -0.477 e. The second kappa shape index (κ2) is 43.9. The number of ether oxygens (including phenoxy) is 3. The molecule has 2 unspecified atom stereocenters. The maximum absolute atomic E-state index is 12.8. The van der Waals surface area contributed by atoms with Crippen molar-refractivity contribution in [2.24, 2.45) is 0 Å². The van der Waals surface area contributed by atoms with Gasteiger partial charge >= 0.3 is 17.9 Å². The van der Waals surface area contributed by atoms with E-state index in [4.69, 9.17) is 14.2 Å². The molecule has 0 bridgehead atoms. The van der Waals surface area contributed by atoms with Crippen LogP contribution in [0.25, 0.3) is 0 Å². The van der Waals surface area contributed by atoms with Gasteiger partial charge in [-0.2, -0.15) is 0 Å². The average molecular weight is 859 g/mol. The van der Waals surface area contributed by atoms with Crippen molar-refractivity contribution >= 4 is 17.9 Å². The van der Waals surface area contributed by atoms with E-state index in [0.717, 1.165) is 64.2 Å². The monoisotopic (exact) mass is 859 g/mol.